The third-order valence-electron chi connectivity index (χ3n) is 2.75. The maximum absolute atomic E-state index is 5.56. The predicted molar refractivity (Wildman–Crippen MR) is 39.6 cm³/mol. The zero-order chi connectivity index (χ0) is 6.97. The van der Waals surface area contributed by atoms with Crippen molar-refractivity contribution in [1.29, 1.82) is 0 Å². The SMILES string of the molecule is NCCC1[C@H]2CCCO[C@@H]12. The van der Waals surface area contributed by atoms with Gasteiger partial charge in [-0.2, -0.15) is 0 Å². The summed E-state index contributed by atoms with van der Waals surface area (Å²) in [5, 5.41) is 0. The second-order valence-electron chi connectivity index (χ2n) is 3.38. The van der Waals surface area contributed by atoms with Crippen molar-refractivity contribution in [3.8, 4) is 0 Å². The molecule has 1 unspecified atom stereocenters. The monoisotopic (exact) mass is 141 g/mol. The molecule has 2 aliphatic rings. The highest BCUT2D eigenvalue weighted by Crippen LogP contribution is 2.49. The first kappa shape index (κ1) is 6.62. The molecule has 1 heterocycles. The summed E-state index contributed by atoms with van der Waals surface area (Å²) in [6.07, 6.45) is 4.43. The lowest BCUT2D eigenvalue weighted by molar-refractivity contribution is 0.0750. The average Bonchev–Trinajstić information content (AvgIpc) is 2.66. The van der Waals surface area contributed by atoms with E-state index in [4.69, 9.17) is 10.5 Å². The maximum atomic E-state index is 5.56. The van der Waals surface area contributed by atoms with Crippen LogP contribution in [0.4, 0.5) is 0 Å². The van der Waals surface area contributed by atoms with Crippen LogP contribution in [0.15, 0.2) is 0 Å². The minimum absolute atomic E-state index is 0.609. The van der Waals surface area contributed by atoms with Crippen molar-refractivity contribution in [3.63, 3.8) is 0 Å². The molecule has 0 aromatic carbocycles. The van der Waals surface area contributed by atoms with E-state index in [1.54, 1.807) is 0 Å². The summed E-state index contributed by atoms with van der Waals surface area (Å²) in [5.41, 5.74) is 5.47. The van der Waals surface area contributed by atoms with Crippen LogP contribution >= 0.6 is 0 Å². The van der Waals surface area contributed by atoms with Crippen LogP contribution in [0.25, 0.3) is 0 Å². The smallest absolute Gasteiger partial charge is 0.0639 e. The van der Waals surface area contributed by atoms with Crippen molar-refractivity contribution in [2.45, 2.75) is 25.4 Å². The van der Waals surface area contributed by atoms with Gasteiger partial charge >= 0.3 is 0 Å². The average molecular weight is 141 g/mol. The lowest BCUT2D eigenvalue weighted by atomic mass is 10.1. The number of fused-ring (bicyclic) bond motifs is 1. The third kappa shape index (κ3) is 0.956. The van der Waals surface area contributed by atoms with Crippen molar-refractivity contribution in [2.24, 2.45) is 17.6 Å². The highest BCUT2D eigenvalue weighted by molar-refractivity contribution is 5.00. The molecule has 0 amide bonds. The van der Waals surface area contributed by atoms with Gasteiger partial charge in [-0.1, -0.05) is 0 Å². The van der Waals surface area contributed by atoms with E-state index >= 15 is 0 Å². The van der Waals surface area contributed by atoms with E-state index in [1.165, 1.54) is 19.3 Å². The van der Waals surface area contributed by atoms with Crippen molar-refractivity contribution in [2.75, 3.05) is 13.2 Å². The fraction of sp³-hybridized carbons (Fsp3) is 1.00. The highest BCUT2D eigenvalue weighted by atomic mass is 16.5. The normalized spacial score (nSPS) is 44.7. The van der Waals surface area contributed by atoms with E-state index in [9.17, 15) is 0 Å². The summed E-state index contributed by atoms with van der Waals surface area (Å²) < 4.78 is 5.56. The molecule has 10 heavy (non-hydrogen) atoms. The Labute approximate surface area is 61.7 Å². The second-order valence-corrected chi connectivity index (χ2v) is 3.38. The van der Waals surface area contributed by atoms with Gasteiger partial charge in [-0.15, -0.1) is 0 Å². The largest absolute Gasteiger partial charge is 0.378 e. The van der Waals surface area contributed by atoms with Crippen LogP contribution in [-0.2, 0) is 4.74 Å². The summed E-state index contributed by atoms with van der Waals surface area (Å²) in [6.45, 7) is 1.82. The third-order valence-corrected chi connectivity index (χ3v) is 2.75. The van der Waals surface area contributed by atoms with Gasteiger partial charge in [-0.3, -0.25) is 0 Å². The molecule has 1 aliphatic carbocycles. The lowest BCUT2D eigenvalue weighted by Gasteiger charge is -2.07. The van der Waals surface area contributed by atoms with E-state index < -0.39 is 0 Å². The highest BCUT2D eigenvalue weighted by Gasteiger charge is 2.51. The molecular weight excluding hydrogens is 126 g/mol. The fourth-order valence-corrected chi connectivity index (χ4v) is 2.14. The van der Waals surface area contributed by atoms with Gasteiger partial charge in [-0.25, -0.2) is 0 Å². The van der Waals surface area contributed by atoms with E-state index in [2.05, 4.69) is 0 Å². The molecule has 2 fully saturated rings. The van der Waals surface area contributed by atoms with Crippen LogP contribution in [0.5, 0.6) is 0 Å². The van der Waals surface area contributed by atoms with Crippen LogP contribution in [0, 0.1) is 11.8 Å². The predicted octanol–water partition coefficient (Wildman–Crippen LogP) is 0.760. The van der Waals surface area contributed by atoms with E-state index in [0.717, 1.165) is 25.0 Å². The van der Waals surface area contributed by atoms with Gasteiger partial charge in [-0.05, 0) is 37.6 Å². The summed E-state index contributed by atoms with van der Waals surface area (Å²) in [6, 6.07) is 0. The van der Waals surface area contributed by atoms with E-state index in [1.807, 2.05) is 0 Å². The number of hydrogen-bond donors (Lipinski definition) is 1. The summed E-state index contributed by atoms with van der Waals surface area (Å²) in [4.78, 5) is 0. The second kappa shape index (κ2) is 2.51. The first-order chi connectivity index (χ1) is 4.93. The molecule has 2 N–H and O–H groups in total. The van der Waals surface area contributed by atoms with Gasteiger partial charge in [0.1, 0.15) is 0 Å². The summed E-state index contributed by atoms with van der Waals surface area (Å²) in [7, 11) is 0. The van der Waals surface area contributed by atoms with E-state index in [-0.39, 0.29) is 0 Å². The standard InChI is InChI=1S/C8H15NO/c9-4-3-7-6-2-1-5-10-8(6)7/h6-8H,1-5,9H2/t6-,7?,8-/m1/s1. The molecule has 2 rings (SSSR count). The Bertz CT molecular complexity index is 114. The molecule has 2 nitrogen and oxygen atoms in total. The first-order valence-electron chi connectivity index (χ1n) is 4.25. The Morgan fingerprint density at radius 1 is 1.50 bits per heavy atom. The van der Waals surface area contributed by atoms with Crippen LogP contribution in [-0.4, -0.2) is 19.3 Å². The maximum Gasteiger partial charge on any atom is 0.0639 e. The van der Waals surface area contributed by atoms with Crippen molar-refractivity contribution in [1.82, 2.24) is 0 Å². The van der Waals surface area contributed by atoms with Crippen LogP contribution in [0.3, 0.4) is 0 Å². The molecule has 1 saturated heterocycles. The molecule has 58 valence electrons. The lowest BCUT2D eigenvalue weighted by Crippen LogP contribution is -2.06. The topological polar surface area (TPSA) is 35.2 Å². The van der Waals surface area contributed by atoms with Gasteiger partial charge in [0.05, 0.1) is 6.10 Å². The van der Waals surface area contributed by atoms with Crippen LogP contribution < -0.4 is 5.73 Å². The van der Waals surface area contributed by atoms with Gasteiger partial charge in [0, 0.05) is 6.61 Å². The molecule has 0 aromatic rings. The molecule has 0 aromatic heterocycles. The van der Waals surface area contributed by atoms with Gasteiger partial charge < -0.3 is 10.5 Å². The molecule has 1 aliphatic heterocycles. The van der Waals surface area contributed by atoms with Crippen molar-refractivity contribution in [3.05, 3.63) is 0 Å². The van der Waals surface area contributed by atoms with E-state index in [0.29, 0.717) is 6.10 Å². The minimum atomic E-state index is 0.609. The van der Waals surface area contributed by atoms with Gasteiger partial charge in [0.25, 0.3) is 0 Å². The zero-order valence-corrected chi connectivity index (χ0v) is 6.25. The molecule has 1 saturated carbocycles. The van der Waals surface area contributed by atoms with Gasteiger partial charge in [0.15, 0.2) is 0 Å². The Morgan fingerprint density at radius 3 is 3.00 bits per heavy atom. The molecular formula is C8H15NO. The number of rotatable bonds is 2. The molecule has 0 radical (unpaired) electrons. The Hall–Kier alpha value is -0.0800. The molecule has 2 heteroatoms. The number of nitrogens with two attached hydrogens (primary N) is 1. The minimum Gasteiger partial charge on any atom is -0.378 e. The molecule has 0 bridgehead atoms. The fourth-order valence-electron chi connectivity index (χ4n) is 2.14. The summed E-state index contributed by atoms with van der Waals surface area (Å²) >= 11 is 0. The molecule has 0 spiro atoms. The van der Waals surface area contributed by atoms with Gasteiger partial charge in [0.2, 0.25) is 0 Å². The quantitative estimate of drug-likeness (QED) is 0.616. The Balaban J connectivity index is 1.82. The molecule has 3 atom stereocenters. The van der Waals surface area contributed by atoms with Crippen molar-refractivity contribution < 1.29 is 4.74 Å². The Morgan fingerprint density at radius 2 is 2.40 bits per heavy atom. The number of ether oxygens (including phenoxy) is 1. The van der Waals surface area contributed by atoms with Crippen molar-refractivity contribution >= 4 is 0 Å². The Kier molecular flexibility index (Phi) is 1.66. The first-order valence-corrected chi connectivity index (χ1v) is 4.25. The zero-order valence-electron chi connectivity index (χ0n) is 6.25. The van der Waals surface area contributed by atoms with Crippen LogP contribution in [0.2, 0.25) is 0 Å². The summed E-state index contributed by atoms with van der Waals surface area (Å²) in [5.74, 6) is 1.71. The number of hydrogen-bond acceptors (Lipinski definition) is 2. The van der Waals surface area contributed by atoms with Crippen LogP contribution in [0.1, 0.15) is 19.3 Å².